The van der Waals surface area contributed by atoms with Crippen molar-refractivity contribution in [3.8, 4) is 0 Å². The molecule has 0 radical (unpaired) electrons. The Labute approximate surface area is 165 Å². The molecule has 0 unspecified atom stereocenters. The minimum atomic E-state index is 0.274. The van der Waals surface area contributed by atoms with Gasteiger partial charge in [0.2, 0.25) is 0 Å². The van der Waals surface area contributed by atoms with E-state index in [0.717, 1.165) is 19.0 Å². The molecule has 5 nitrogen and oxygen atoms in total. The predicted octanol–water partition coefficient (Wildman–Crippen LogP) is 2.64. The molecule has 0 spiro atoms. The smallest absolute Gasteiger partial charge is 0.193 e. The van der Waals surface area contributed by atoms with Crippen molar-refractivity contribution >= 4 is 5.96 Å². The molecule has 0 atom stereocenters. The molecular formula is C22H37N5. The first-order valence-electron chi connectivity index (χ1n) is 10.5. The van der Waals surface area contributed by atoms with Gasteiger partial charge in [-0.2, -0.15) is 0 Å². The number of aliphatic imine (C=N–C) groups is 1. The molecule has 27 heavy (non-hydrogen) atoms. The van der Waals surface area contributed by atoms with Gasteiger partial charge in [-0.1, -0.05) is 36.8 Å². The highest BCUT2D eigenvalue weighted by molar-refractivity contribution is 5.79. The van der Waals surface area contributed by atoms with Crippen molar-refractivity contribution < 1.29 is 0 Å². The summed E-state index contributed by atoms with van der Waals surface area (Å²) < 4.78 is 0. The first-order valence-corrected chi connectivity index (χ1v) is 10.5. The zero-order valence-electron chi connectivity index (χ0n) is 17.5. The van der Waals surface area contributed by atoms with E-state index in [4.69, 9.17) is 4.99 Å². The summed E-state index contributed by atoms with van der Waals surface area (Å²) in [4.78, 5) is 12.2. The lowest BCUT2D eigenvalue weighted by Crippen LogP contribution is -2.62. The third-order valence-corrected chi connectivity index (χ3v) is 6.20. The number of rotatable bonds is 5. The quantitative estimate of drug-likeness (QED) is 0.637. The zero-order chi connectivity index (χ0) is 19.1. The van der Waals surface area contributed by atoms with E-state index in [1.165, 1.54) is 63.8 Å². The highest BCUT2D eigenvalue weighted by atomic mass is 15.3. The highest BCUT2D eigenvalue weighted by Crippen LogP contribution is 2.30. The Kier molecular flexibility index (Phi) is 7.13. The van der Waals surface area contributed by atoms with Gasteiger partial charge in [-0.25, -0.2) is 4.99 Å². The summed E-state index contributed by atoms with van der Waals surface area (Å²) in [6.45, 7) is 6.61. The Balaban J connectivity index is 1.68. The second kappa shape index (κ2) is 9.56. The minimum Gasteiger partial charge on any atom is -0.354 e. The lowest BCUT2D eigenvalue weighted by molar-refractivity contribution is 0.0170. The predicted molar refractivity (Wildman–Crippen MR) is 114 cm³/mol. The van der Waals surface area contributed by atoms with Crippen LogP contribution in [0, 0.1) is 0 Å². The molecule has 150 valence electrons. The van der Waals surface area contributed by atoms with Crippen LogP contribution in [0.2, 0.25) is 0 Å². The molecule has 0 aromatic heterocycles. The molecule has 0 saturated carbocycles. The minimum absolute atomic E-state index is 0.274. The van der Waals surface area contributed by atoms with Crippen molar-refractivity contribution in [3.63, 3.8) is 0 Å². The topological polar surface area (TPSA) is 34.1 Å². The molecule has 2 saturated heterocycles. The number of hydrogen-bond acceptors (Lipinski definition) is 3. The van der Waals surface area contributed by atoms with Gasteiger partial charge in [0.05, 0.1) is 6.54 Å². The van der Waals surface area contributed by atoms with Crippen LogP contribution in [0.15, 0.2) is 35.3 Å². The second-order valence-electron chi connectivity index (χ2n) is 8.45. The Morgan fingerprint density at radius 2 is 1.70 bits per heavy atom. The van der Waals surface area contributed by atoms with Crippen LogP contribution in [0.3, 0.4) is 0 Å². The highest BCUT2D eigenvalue weighted by Gasteiger charge is 2.39. The van der Waals surface area contributed by atoms with Crippen molar-refractivity contribution in [1.29, 1.82) is 0 Å². The SMILES string of the molecule is CN1CCC(CNC(=NCc2ccccc2)N(C)C)(N2CCCCC2)CC1. The molecule has 2 fully saturated rings. The van der Waals surface area contributed by atoms with E-state index in [9.17, 15) is 0 Å². The van der Waals surface area contributed by atoms with Gasteiger partial charge in [0.25, 0.3) is 0 Å². The maximum atomic E-state index is 4.87. The maximum absolute atomic E-state index is 4.87. The lowest BCUT2D eigenvalue weighted by Gasteiger charge is -2.50. The summed E-state index contributed by atoms with van der Waals surface area (Å²) in [6, 6.07) is 10.5. The largest absolute Gasteiger partial charge is 0.354 e. The molecule has 2 aliphatic heterocycles. The molecular weight excluding hydrogens is 334 g/mol. The summed E-state index contributed by atoms with van der Waals surface area (Å²) in [5.74, 6) is 0.995. The van der Waals surface area contributed by atoms with Crippen LogP contribution < -0.4 is 5.32 Å². The Morgan fingerprint density at radius 1 is 1.04 bits per heavy atom. The third kappa shape index (κ3) is 5.45. The number of piperidine rings is 2. The summed E-state index contributed by atoms with van der Waals surface area (Å²) in [5, 5.41) is 3.73. The molecule has 2 heterocycles. The fourth-order valence-electron chi connectivity index (χ4n) is 4.36. The monoisotopic (exact) mass is 371 g/mol. The molecule has 0 amide bonds. The van der Waals surface area contributed by atoms with Crippen molar-refractivity contribution in [2.75, 3.05) is 53.9 Å². The van der Waals surface area contributed by atoms with Crippen LogP contribution in [0.4, 0.5) is 0 Å². The van der Waals surface area contributed by atoms with Gasteiger partial charge in [-0.3, -0.25) is 4.90 Å². The van der Waals surface area contributed by atoms with E-state index < -0.39 is 0 Å². The van der Waals surface area contributed by atoms with Crippen LogP contribution in [0.5, 0.6) is 0 Å². The Hall–Kier alpha value is -1.59. The first-order chi connectivity index (χ1) is 13.1. The van der Waals surface area contributed by atoms with Gasteiger partial charge in [-0.05, 0) is 64.5 Å². The number of guanidine groups is 1. The third-order valence-electron chi connectivity index (χ3n) is 6.20. The average Bonchev–Trinajstić information content (AvgIpc) is 2.71. The summed E-state index contributed by atoms with van der Waals surface area (Å²) in [5.41, 5.74) is 1.53. The number of nitrogens with zero attached hydrogens (tertiary/aromatic N) is 4. The van der Waals surface area contributed by atoms with Gasteiger partial charge >= 0.3 is 0 Å². The normalized spacial score (nSPS) is 21.8. The molecule has 1 aromatic carbocycles. The fourth-order valence-corrected chi connectivity index (χ4v) is 4.36. The van der Waals surface area contributed by atoms with Crippen molar-refractivity contribution in [3.05, 3.63) is 35.9 Å². The number of hydrogen-bond donors (Lipinski definition) is 1. The number of likely N-dealkylation sites (tertiary alicyclic amines) is 2. The molecule has 5 heteroatoms. The summed E-state index contributed by atoms with van der Waals surface area (Å²) in [7, 11) is 6.41. The summed E-state index contributed by atoms with van der Waals surface area (Å²) >= 11 is 0. The van der Waals surface area contributed by atoms with E-state index in [1.54, 1.807) is 0 Å². The molecule has 2 aliphatic rings. The maximum Gasteiger partial charge on any atom is 0.193 e. The van der Waals surface area contributed by atoms with Gasteiger partial charge in [0.15, 0.2) is 5.96 Å². The average molecular weight is 372 g/mol. The number of benzene rings is 1. The van der Waals surface area contributed by atoms with Gasteiger partial charge in [0, 0.05) is 26.2 Å². The van der Waals surface area contributed by atoms with Gasteiger partial charge in [-0.15, -0.1) is 0 Å². The number of nitrogens with one attached hydrogen (secondary N) is 1. The lowest BCUT2D eigenvalue weighted by atomic mass is 9.84. The zero-order valence-corrected chi connectivity index (χ0v) is 17.5. The van der Waals surface area contributed by atoms with E-state index in [-0.39, 0.29) is 5.54 Å². The van der Waals surface area contributed by atoms with Crippen molar-refractivity contribution in [2.24, 2.45) is 4.99 Å². The van der Waals surface area contributed by atoms with Crippen LogP contribution in [-0.2, 0) is 6.54 Å². The van der Waals surface area contributed by atoms with E-state index in [2.05, 4.69) is 71.5 Å². The molecule has 1 aromatic rings. The van der Waals surface area contributed by atoms with Crippen LogP contribution in [0.1, 0.15) is 37.7 Å². The molecule has 0 bridgehead atoms. The first kappa shape index (κ1) is 20.2. The van der Waals surface area contributed by atoms with Crippen LogP contribution in [-0.4, -0.2) is 80.1 Å². The van der Waals surface area contributed by atoms with Crippen LogP contribution in [0.25, 0.3) is 0 Å². The van der Waals surface area contributed by atoms with Gasteiger partial charge < -0.3 is 15.1 Å². The Bertz CT molecular complexity index is 584. The standard InChI is InChI=1S/C22H37N5/c1-25(2)21(23-18-20-10-6-4-7-11-20)24-19-22(12-16-26(3)17-13-22)27-14-8-5-9-15-27/h4,6-7,10-11H,5,8-9,12-19H2,1-3H3,(H,23,24). The summed E-state index contributed by atoms with van der Waals surface area (Å²) in [6.07, 6.45) is 6.58. The van der Waals surface area contributed by atoms with E-state index in [0.29, 0.717) is 0 Å². The second-order valence-corrected chi connectivity index (χ2v) is 8.45. The van der Waals surface area contributed by atoms with E-state index in [1.807, 2.05) is 0 Å². The van der Waals surface area contributed by atoms with Crippen molar-refractivity contribution in [1.82, 2.24) is 20.0 Å². The van der Waals surface area contributed by atoms with Crippen LogP contribution >= 0.6 is 0 Å². The van der Waals surface area contributed by atoms with E-state index >= 15 is 0 Å². The molecule has 1 N–H and O–H groups in total. The Morgan fingerprint density at radius 3 is 2.33 bits per heavy atom. The fraction of sp³-hybridized carbons (Fsp3) is 0.682. The molecule has 3 rings (SSSR count). The van der Waals surface area contributed by atoms with Gasteiger partial charge in [0.1, 0.15) is 0 Å². The molecule has 0 aliphatic carbocycles. The van der Waals surface area contributed by atoms with Crippen molar-refractivity contribution in [2.45, 2.75) is 44.2 Å².